The highest BCUT2D eigenvalue weighted by Gasteiger charge is 2.25. The van der Waals surface area contributed by atoms with Crippen molar-refractivity contribution in [3.05, 3.63) is 69.3 Å². The zero-order chi connectivity index (χ0) is 19.4. The van der Waals surface area contributed by atoms with Crippen molar-refractivity contribution < 1.29 is 14.5 Å². The largest absolute Gasteiger partial charge is 0.465 e. The molecule has 1 saturated heterocycles. The van der Waals surface area contributed by atoms with E-state index in [2.05, 4.69) is 40.8 Å². The maximum atomic E-state index is 11.6. The van der Waals surface area contributed by atoms with Gasteiger partial charge in [0, 0.05) is 38.8 Å². The van der Waals surface area contributed by atoms with E-state index in [1.165, 1.54) is 24.3 Å². The molecular weight excluding hydrogens is 346 g/mol. The van der Waals surface area contributed by atoms with Gasteiger partial charge in [-0.2, -0.15) is 0 Å². The molecule has 0 saturated carbocycles. The Balaban J connectivity index is 1.69. The van der Waals surface area contributed by atoms with Gasteiger partial charge in [0.2, 0.25) is 0 Å². The maximum absolute atomic E-state index is 11.6. The van der Waals surface area contributed by atoms with E-state index in [0.29, 0.717) is 18.8 Å². The van der Waals surface area contributed by atoms with Crippen molar-refractivity contribution in [1.82, 2.24) is 4.90 Å². The lowest BCUT2D eigenvalue weighted by atomic mass is 10.1. The number of methoxy groups -OCH3 is 1. The van der Waals surface area contributed by atoms with Crippen LogP contribution in [-0.4, -0.2) is 49.1 Å². The highest BCUT2D eigenvalue weighted by Crippen LogP contribution is 2.30. The highest BCUT2D eigenvalue weighted by molar-refractivity contribution is 5.91. The van der Waals surface area contributed by atoms with Crippen molar-refractivity contribution in [2.75, 3.05) is 38.2 Å². The van der Waals surface area contributed by atoms with Crippen LogP contribution in [-0.2, 0) is 11.3 Å². The molecular formula is C20H23N3O4. The summed E-state index contributed by atoms with van der Waals surface area (Å²) in [4.78, 5) is 27.0. The van der Waals surface area contributed by atoms with Crippen LogP contribution in [0.4, 0.5) is 11.4 Å². The summed E-state index contributed by atoms with van der Waals surface area (Å²) in [5.74, 6) is -0.576. The Morgan fingerprint density at radius 3 is 2.37 bits per heavy atom. The molecule has 7 heteroatoms. The number of nitro groups is 1. The minimum absolute atomic E-state index is 0.0649. The molecule has 0 atom stereocenters. The molecule has 7 nitrogen and oxygen atoms in total. The quantitative estimate of drug-likeness (QED) is 0.458. The van der Waals surface area contributed by atoms with Gasteiger partial charge in [0.1, 0.15) is 5.69 Å². The van der Waals surface area contributed by atoms with Crippen LogP contribution in [0.1, 0.15) is 21.5 Å². The van der Waals surface area contributed by atoms with Crippen LogP contribution in [0.2, 0.25) is 0 Å². The van der Waals surface area contributed by atoms with Gasteiger partial charge in [-0.05, 0) is 24.6 Å². The maximum Gasteiger partial charge on any atom is 0.338 e. The molecule has 1 aliphatic rings. The number of rotatable bonds is 5. The average molecular weight is 369 g/mol. The van der Waals surface area contributed by atoms with Gasteiger partial charge < -0.3 is 9.64 Å². The normalized spacial score (nSPS) is 14.8. The fourth-order valence-corrected chi connectivity index (χ4v) is 3.28. The Bertz CT molecular complexity index is 828. The molecule has 142 valence electrons. The summed E-state index contributed by atoms with van der Waals surface area (Å²) >= 11 is 0. The van der Waals surface area contributed by atoms with Gasteiger partial charge in [-0.3, -0.25) is 15.0 Å². The Hall–Kier alpha value is -2.93. The molecule has 1 heterocycles. The zero-order valence-corrected chi connectivity index (χ0v) is 15.6. The van der Waals surface area contributed by atoms with Crippen molar-refractivity contribution in [2.45, 2.75) is 13.5 Å². The fraction of sp³-hybridized carbons (Fsp3) is 0.350. The van der Waals surface area contributed by atoms with Crippen LogP contribution in [0, 0.1) is 17.0 Å². The second-order valence-corrected chi connectivity index (χ2v) is 6.70. The molecule has 0 radical (unpaired) electrons. The van der Waals surface area contributed by atoms with E-state index >= 15 is 0 Å². The van der Waals surface area contributed by atoms with Gasteiger partial charge >= 0.3 is 5.97 Å². The van der Waals surface area contributed by atoms with Gasteiger partial charge in [0.05, 0.1) is 17.6 Å². The van der Waals surface area contributed by atoms with E-state index in [-0.39, 0.29) is 11.3 Å². The lowest BCUT2D eigenvalue weighted by Gasteiger charge is -2.35. The van der Waals surface area contributed by atoms with E-state index < -0.39 is 10.9 Å². The number of aryl methyl sites for hydroxylation is 1. The third-order valence-electron chi connectivity index (χ3n) is 4.83. The second kappa shape index (κ2) is 8.18. The molecule has 0 amide bonds. The number of esters is 1. The van der Waals surface area contributed by atoms with Gasteiger partial charge in [0.15, 0.2) is 0 Å². The summed E-state index contributed by atoms with van der Waals surface area (Å²) in [5, 5.41) is 11.5. The summed E-state index contributed by atoms with van der Waals surface area (Å²) in [7, 11) is 1.26. The monoisotopic (exact) mass is 369 g/mol. The van der Waals surface area contributed by atoms with E-state index in [9.17, 15) is 14.9 Å². The van der Waals surface area contributed by atoms with Crippen molar-refractivity contribution in [1.29, 1.82) is 0 Å². The summed E-state index contributed by atoms with van der Waals surface area (Å²) in [6, 6.07) is 13.0. The Kier molecular flexibility index (Phi) is 5.71. The van der Waals surface area contributed by atoms with Gasteiger partial charge in [-0.15, -0.1) is 0 Å². The molecule has 0 unspecified atom stereocenters. The molecule has 0 spiro atoms. The number of nitrogens with zero attached hydrogens (tertiary/aromatic N) is 3. The first-order valence-corrected chi connectivity index (χ1v) is 8.87. The number of nitro benzene ring substituents is 1. The lowest BCUT2D eigenvalue weighted by Crippen LogP contribution is -2.46. The Labute approximate surface area is 158 Å². The van der Waals surface area contributed by atoms with Crippen molar-refractivity contribution in [3.8, 4) is 0 Å². The minimum atomic E-state index is -0.576. The molecule has 0 N–H and O–H groups in total. The molecule has 1 aliphatic heterocycles. The second-order valence-electron chi connectivity index (χ2n) is 6.70. The number of benzene rings is 2. The van der Waals surface area contributed by atoms with E-state index in [0.717, 1.165) is 19.6 Å². The van der Waals surface area contributed by atoms with Crippen LogP contribution in [0.5, 0.6) is 0 Å². The minimum Gasteiger partial charge on any atom is -0.465 e. The number of hydrogen-bond donors (Lipinski definition) is 0. The molecule has 2 aromatic carbocycles. The lowest BCUT2D eigenvalue weighted by molar-refractivity contribution is -0.384. The summed E-state index contributed by atoms with van der Waals surface area (Å²) in [5.41, 5.74) is 3.17. The van der Waals surface area contributed by atoms with Crippen LogP contribution in [0.15, 0.2) is 42.5 Å². The summed E-state index contributed by atoms with van der Waals surface area (Å²) in [6.07, 6.45) is 0. The average Bonchev–Trinajstić information content (AvgIpc) is 2.69. The number of piperazine rings is 1. The summed E-state index contributed by atoms with van der Waals surface area (Å²) in [6.45, 7) is 5.99. The molecule has 27 heavy (non-hydrogen) atoms. The molecule has 1 fully saturated rings. The fourth-order valence-electron chi connectivity index (χ4n) is 3.28. The van der Waals surface area contributed by atoms with E-state index in [4.69, 9.17) is 0 Å². The number of anilines is 1. The Morgan fingerprint density at radius 2 is 1.78 bits per heavy atom. The number of hydrogen-bond acceptors (Lipinski definition) is 6. The number of carbonyl (C=O) groups excluding carboxylic acids is 1. The van der Waals surface area contributed by atoms with Crippen LogP contribution in [0.25, 0.3) is 0 Å². The van der Waals surface area contributed by atoms with Gasteiger partial charge in [-0.1, -0.05) is 29.8 Å². The smallest absolute Gasteiger partial charge is 0.338 e. The third kappa shape index (κ3) is 4.43. The first kappa shape index (κ1) is 18.8. The van der Waals surface area contributed by atoms with Gasteiger partial charge in [0.25, 0.3) is 5.69 Å². The predicted molar refractivity (Wildman–Crippen MR) is 103 cm³/mol. The van der Waals surface area contributed by atoms with Crippen molar-refractivity contribution >= 4 is 17.3 Å². The number of carbonyl (C=O) groups is 1. The Morgan fingerprint density at radius 1 is 1.11 bits per heavy atom. The zero-order valence-electron chi connectivity index (χ0n) is 15.6. The molecule has 3 rings (SSSR count). The van der Waals surface area contributed by atoms with E-state index in [1.807, 2.05) is 4.90 Å². The highest BCUT2D eigenvalue weighted by atomic mass is 16.6. The molecule has 0 bridgehead atoms. The van der Waals surface area contributed by atoms with Crippen molar-refractivity contribution in [2.24, 2.45) is 0 Å². The van der Waals surface area contributed by atoms with Crippen LogP contribution >= 0.6 is 0 Å². The van der Waals surface area contributed by atoms with E-state index in [1.54, 1.807) is 12.1 Å². The van der Waals surface area contributed by atoms with Crippen LogP contribution < -0.4 is 4.90 Å². The molecule has 0 aliphatic carbocycles. The third-order valence-corrected chi connectivity index (χ3v) is 4.83. The number of ether oxygens (including phenoxy) is 1. The standard InChI is InChI=1S/C20H23N3O4/c1-15-3-5-16(6-4-15)14-21-9-11-22(12-10-21)18-8-7-17(20(24)27-2)13-19(18)23(25)26/h3-8,13H,9-12,14H2,1-2H3. The first-order valence-electron chi connectivity index (χ1n) is 8.87. The molecule has 0 aromatic heterocycles. The summed E-state index contributed by atoms with van der Waals surface area (Å²) < 4.78 is 4.65. The van der Waals surface area contributed by atoms with Crippen molar-refractivity contribution in [3.63, 3.8) is 0 Å². The van der Waals surface area contributed by atoms with Crippen LogP contribution in [0.3, 0.4) is 0 Å². The first-order chi connectivity index (χ1) is 13.0. The van der Waals surface area contributed by atoms with Gasteiger partial charge in [-0.25, -0.2) is 4.79 Å². The topological polar surface area (TPSA) is 75.9 Å². The predicted octanol–water partition coefficient (Wildman–Crippen LogP) is 3.01. The molecule has 2 aromatic rings. The SMILES string of the molecule is COC(=O)c1ccc(N2CCN(Cc3ccc(C)cc3)CC2)c([N+](=O)[O-])c1.